The summed E-state index contributed by atoms with van der Waals surface area (Å²) in [5.74, 6) is 0.460. The highest BCUT2D eigenvalue weighted by atomic mass is 127. The maximum Gasteiger partial charge on any atom is 0.188 e. The van der Waals surface area contributed by atoms with Crippen LogP contribution in [0.5, 0.6) is 0 Å². The zero-order valence-corrected chi connectivity index (χ0v) is 17.8. The van der Waals surface area contributed by atoms with E-state index in [1.54, 1.807) is 6.20 Å². The highest BCUT2D eigenvalue weighted by Crippen LogP contribution is 2.21. The number of nitrogens with one attached hydrogen (secondary N) is 1. The van der Waals surface area contributed by atoms with Gasteiger partial charge in [0.1, 0.15) is 0 Å². The van der Waals surface area contributed by atoms with E-state index in [2.05, 4.69) is 70.7 Å². The molecule has 2 aromatic carbocycles. The normalized spacial score (nSPS) is 10.9. The Kier molecular flexibility index (Phi) is 8.26. The highest BCUT2D eigenvalue weighted by Gasteiger charge is 2.00. The summed E-state index contributed by atoms with van der Waals surface area (Å²) >= 11 is 0. The Balaban J connectivity index is 0.00000261. The van der Waals surface area contributed by atoms with Gasteiger partial charge in [-0.25, -0.2) is 4.99 Å². The molecule has 27 heavy (non-hydrogen) atoms. The molecule has 4 nitrogen and oxygen atoms in total. The van der Waals surface area contributed by atoms with E-state index in [9.17, 15) is 0 Å². The van der Waals surface area contributed by atoms with Gasteiger partial charge in [-0.05, 0) is 41.8 Å². The number of aryl methyl sites for hydroxylation is 1. The van der Waals surface area contributed by atoms with Crippen molar-refractivity contribution < 1.29 is 0 Å². The van der Waals surface area contributed by atoms with Crippen LogP contribution in [0.15, 0.2) is 77.9 Å². The summed E-state index contributed by atoms with van der Waals surface area (Å²) in [6, 6.07) is 22.8. The Hall–Kier alpha value is -2.41. The first kappa shape index (κ1) is 20.9. The topological polar surface area (TPSA) is 63.3 Å². The van der Waals surface area contributed by atoms with E-state index in [1.807, 2.05) is 18.2 Å². The molecule has 0 aliphatic carbocycles. The van der Waals surface area contributed by atoms with Gasteiger partial charge in [0.2, 0.25) is 0 Å². The second-order valence-corrected chi connectivity index (χ2v) is 6.27. The van der Waals surface area contributed by atoms with E-state index >= 15 is 0 Å². The van der Waals surface area contributed by atoms with Crippen LogP contribution in [0.25, 0.3) is 11.1 Å². The van der Waals surface area contributed by atoms with Gasteiger partial charge in [-0.1, -0.05) is 54.1 Å². The summed E-state index contributed by atoms with van der Waals surface area (Å²) in [5, 5.41) is 3.14. The van der Waals surface area contributed by atoms with Gasteiger partial charge >= 0.3 is 0 Å². The fraction of sp³-hybridized carbons (Fsp3) is 0.182. The average molecular weight is 472 g/mol. The van der Waals surface area contributed by atoms with Crippen molar-refractivity contribution in [2.45, 2.75) is 19.9 Å². The third kappa shape index (κ3) is 6.67. The van der Waals surface area contributed by atoms with Crippen molar-refractivity contribution in [2.24, 2.45) is 10.7 Å². The first-order chi connectivity index (χ1) is 12.7. The minimum Gasteiger partial charge on any atom is -0.370 e. The van der Waals surface area contributed by atoms with Gasteiger partial charge in [0.25, 0.3) is 0 Å². The van der Waals surface area contributed by atoms with Crippen LogP contribution in [0.4, 0.5) is 0 Å². The minimum atomic E-state index is 0. The predicted molar refractivity (Wildman–Crippen MR) is 123 cm³/mol. The van der Waals surface area contributed by atoms with E-state index in [1.165, 1.54) is 16.7 Å². The van der Waals surface area contributed by atoms with Crippen molar-refractivity contribution in [2.75, 3.05) is 6.54 Å². The zero-order valence-electron chi connectivity index (χ0n) is 15.4. The Labute approximate surface area is 178 Å². The van der Waals surface area contributed by atoms with Gasteiger partial charge in [0, 0.05) is 24.9 Å². The minimum absolute atomic E-state index is 0. The molecule has 0 atom stereocenters. The van der Waals surface area contributed by atoms with Gasteiger partial charge in [-0.2, -0.15) is 0 Å². The third-order valence-electron chi connectivity index (χ3n) is 4.12. The lowest BCUT2D eigenvalue weighted by Crippen LogP contribution is -2.33. The second kappa shape index (κ2) is 10.7. The van der Waals surface area contributed by atoms with E-state index in [0.29, 0.717) is 12.5 Å². The molecule has 0 saturated carbocycles. The fourth-order valence-corrected chi connectivity index (χ4v) is 2.77. The summed E-state index contributed by atoms with van der Waals surface area (Å²) in [6.45, 7) is 3.38. The summed E-state index contributed by atoms with van der Waals surface area (Å²) in [5.41, 5.74) is 11.8. The van der Waals surface area contributed by atoms with E-state index < -0.39 is 0 Å². The number of hydrogen-bond donors (Lipinski definition) is 2. The maximum atomic E-state index is 5.97. The first-order valence-corrected chi connectivity index (χ1v) is 8.80. The number of halogens is 1. The molecule has 0 bridgehead atoms. The van der Waals surface area contributed by atoms with Gasteiger partial charge < -0.3 is 11.1 Å². The van der Waals surface area contributed by atoms with Gasteiger partial charge in [0.05, 0.1) is 6.54 Å². The molecule has 3 rings (SSSR count). The summed E-state index contributed by atoms with van der Waals surface area (Å²) in [7, 11) is 0. The zero-order chi connectivity index (χ0) is 18.2. The van der Waals surface area contributed by atoms with Crippen LogP contribution >= 0.6 is 24.0 Å². The number of aromatic nitrogens is 1. The van der Waals surface area contributed by atoms with Crippen molar-refractivity contribution in [3.63, 3.8) is 0 Å². The van der Waals surface area contributed by atoms with Crippen LogP contribution in [0, 0.1) is 6.92 Å². The molecule has 140 valence electrons. The van der Waals surface area contributed by atoms with Crippen molar-refractivity contribution in [3.05, 3.63) is 89.7 Å². The molecular formula is C22H25IN4. The van der Waals surface area contributed by atoms with Crippen LogP contribution < -0.4 is 11.1 Å². The van der Waals surface area contributed by atoms with Gasteiger partial charge in [-0.3, -0.25) is 4.98 Å². The van der Waals surface area contributed by atoms with Crippen LogP contribution in [-0.4, -0.2) is 17.5 Å². The Bertz CT molecular complexity index is 878. The number of guanidine groups is 1. The lowest BCUT2D eigenvalue weighted by molar-refractivity contribution is 0.827. The Morgan fingerprint density at radius 1 is 1.00 bits per heavy atom. The smallest absolute Gasteiger partial charge is 0.188 e. The molecule has 0 saturated heterocycles. The molecule has 0 amide bonds. The molecule has 3 N–H and O–H groups in total. The molecule has 0 radical (unpaired) electrons. The fourth-order valence-electron chi connectivity index (χ4n) is 2.77. The van der Waals surface area contributed by atoms with E-state index in [-0.39, 0.29) is 24.0 Å². The molecule has 0 aliphatic heterocycles. The standard InChI is InChI=1S/C22H24N4.HI/c1-17-6-4-8-19(14-17)20-9-5-7-18(15-20)16-26-22(23)25-13-11-21-10-2-3-12-24-21;/h2-10,12,14-15H,11,13,16H2,1H3,(H3,23,25,26);1H. The number of nitrogens with two attached hydrogens (primary N) is 1. The average Bonchev–Trinajstić information content (AvgIpc) is 2.67. The molecule has 0 unspecified atom stereocenters. The molecule has 0 aliphatic rings. The molecule has 3 aromatic rings. The number of rotatable bonds is 6. The summed E-state index contributed by atoms with van der Waals surface area (Å²) < 4.78 is 0. The lowest BCUT2D eigenvalue weighted by Gasteiger charge is -2.07. The third-order valence-corrected chi connectivity index (χ3v) is 4.12. The first-order valence-electron chi connectivity index (χ1n) is 8.80. The van der Waals surface area contributed by atoms with E-state index in [4.69, 9.17) is 5.73 Å². The number of pyridine rings is 1. The van der Waals surface area contributed by atoms with Crippen molar-refractivity contribution in [1.82, 2.24) is 10.3 Å². The summed E-state index contributed by atoms with van der Waals surface area (Å²) in [4.78, 5) is 8.73. The monoisotopic (exact) mass is 472 g/mol. The predicted octanol–water partition coefficient (Wildman–Crippen LogP) is 4.32. The number of hydrogen-bond acceptors (Lipinski definition) is 2. The molecule has 0 fully saturated rings. The largest absolute Gasteiger partial charge is 0.370 e. The lowest BCUT2D eigenvalue weighted by atomic mass is 10.0. The molecular weight excluding hydrogens is 447 g/mol. The molecule has 1 aromatic heterocycles. The molecule has 1 heterocycles. The highest BCUT2D eigenvalue weighted by molar-refractivity contribution is 14.0. The van der Waals surface area contributed by atoms with Crippen molar-refractivity contribution in [1.29, 1.82) is 0 Å². The Morgan fingerprint density at radius 3 is 2.52 bits per heavy atom. The number of aliphatic imine (C=N–C) groups is 1. The second-order valence-electron chi connectivity index (χ2n) is 6.27. The van der Waals surface area contributed by atoms with E-state index in [0.717, 1.165) is 24.2 Å². The van der Waals surface area contributed by atoms with Crippen LogP contribution in [0.2, 0.25) is 0 Å². The maximum absolute atomic E-state index is 5.97. The molecule has 5 heteroatoms. The van der Waals surface area contributed by atoms with Gasteiger partial charge in [0.15, 0.2) is 5.96 Å². The summed E-state index contributed by atoms with van der Waals surface area (Å²) in [6.07, 6.45) is 2.62. The Morgan fingerprint density at radius 2 is 1.78 bits per heavy atom. The SMILES string of the molecule is Cc1cccc(-c2cccc(CN=C(N)NCCc3ccccn3)c2)c1.I. The van der Waals surface area contributed by atoms with Crippen LogP contribution in [0.3, 0.4) is 0 Å². The van der Waals surface area contributed by atoms with Crippen molar-refractivity contribution >= 4 is 29.9 Å². The quantitative estimate of drug-likeness (QED) is 0.319. The van der Waals surface area contributed by atoms with Gasteiger partial charge in [-0.15, -0.1) is 24.0 Å². The molecule has 0 spiro atoms. The van der Waals surface area contributed by atoms with Crippen molar-refractivity contribution in [3.8, 4) is 11.1 Å². The number of nitrogens with zero attached hydrogens (tertiary/aromatic N) is 2. The van der Waals surface area contributed by atoms with Crippen LogP contribution in [0.1, 0.15) is 16.8 Å². The van der Waals surface area contributed by atoms with Crippen LogP contribution in [-0.2, 0) is 13.0 Å². The number of benzene rings is 2.